The summed E-state index contributed by atoms with van der Waals surface area (Å²) in [4.78, 5) is 11.6. The summed E-state index contributed by atoms with van der Waals surface area (Å²) in [5.41, 5.74) is 4.62. The van der Waals surface area contributed by atoms with Gasteiger partial charge in [-0.1, -0.05) is 13.8 Å². The lowest BCUT2D eigenvalue weighted by Crippen LogP contribution is -2.43. The Balaban J connectivity index is 2.40. The van der Waals surface area contributed by atoms with E-state index in [2.05, 4.69) is 10.4 Å². The molecule has 1 heterocycles. The highest BCUT2D eigenvalue weighted by atomic mass is 16.3. The van der Waals surface area contributed by atoms with Gasteiger partial charge in [-0.2, -0.15) is 5.10 Å². The molecule has 0 aliphatic heterocycles. The third-order valence-electron chi connectivity index (χ3n) is 2.90. The first-order valence-corrected chi connectivity index (χ1v) is 5.77. The normalized spacial score (nSPS) is 11.5. The van der Waals surface area contributed by atoms with Crippen LogP contribution in [-0.2, 0) is 11.3 Å². The molecule has 96 valence electrons. The number of carbonyl (C=O) groups is 1. The Kier molecular flexibility index (Phi) is 4.51. The van der Waals surface area contributed by atoms with Crippen molar-refractivity contribution < 1.29 is 9.90 Å². The fourth-order valence-electron chi connectivity index (χ4n) is 1.43. The molecule has 0 fully saturated rings. The van der Waals surface area contributed by atoms with Crippen LogP contribution in [0, 0.1) is 0 Å². The predicted octanol–water partition coefficient (Wildman–Crippen LogP) is 0.133. The zero-order valence-corrected chi connectivity index (χ0v) is 10.3. The fraction of sp³-hybridized carbons (Fsp3) is 0.636. The molecular weight excluding hydrogens is 220 g/mol. The number of nitrogen functional groups attached to an aromatic ring is 1. The highest BCUT2D eigenvalue weighted by Crippen LogP contribution is 2.12. The van der Waals surface area contributed by atoms with E-state index < -0.39 is 5.60 Å². The van der Waals surface area contributed by atoms with Crippen molar-refractivity contribution in [2.75, 3.05) is 12.3 Å². The van der Waals surface area contributed by atoms with Gasteiger partial charge in [0.1, 0.15) is 12.4 Å². The molecule has 0 aromatic carbocycles. The minimum Gasteiger partial charge on any atom is -0.388 e. The van der Waals surface area contributed by atoms with E-state index in [1.54, 1.807) is 12.3 Å². The lowest BCUT2D eigenvalue weighted by atomic mass is 9.98. The zero-order valence-electron chi connectivity index (χ0n) is 10.3. The van der Waals surface area contributed by atoms with Gasteiger partial charge in [0.2, 0.25) is 5.91 Å². The molecule has 0 aliphatic carbocycles. The Hall–Kier alpha value is -1.56. The molecule has 0 spiro atoms. The highest BCUT2D eigenvalue weighted by Gasteiger charge is 2.22. The Labute approximate surface area is 101 Å². The van der Waals surface area contributed by atoms with Crippen LogP contribution in [0.25, 0.3) is 0 Å². The van der Waals surface area contributed by atoms with Crippen molar-refractivity contribution in [3.05, 3.63) is 12.3 Å². The SMILES string of the molecule is CCC(O)(CC)CNC(=O)Cn1ccc(N)n1. The number of amides is 1. The molecule has 1 aromatic heterocycles. The minimum absolute atomic E-state index is 0.112. The molecule has 4 N–H and O–H groups in total. The first-order chi connectivity index (χ1) is 7.99. The predicted molar refractivity (Wildman–Crippen MR) is 65.2 cm³/mol. The van der Waals surface area contributed by atoms with E-state index in [1.807, 2.05) is 13.8 Å². The number of nitrogens with one attached hydrogen (secondary N) is 1. The van der Waals surface area contributed by atoms with E-state index in [4.69, 9.17) is 5.73 Å². The molecule has 0 atom stereocenters. The lowest BCUT2D eigenvalue weighted by Gasteiger charge is -2.25. The summed E-state index contributed by atoms with van der Waals surface area (Å²) in [6.45, 7) is 4.16. The number of carbonyl (C=O) groups excluding carboxylic acids is 1. The molecule has 17 heavy (non-hydrogen) atoms. The second-order valence-electron chi connectivity index (χ2n) is 4.15. The maximum atomic E-state index is 11.6. The molecule has 0 radical (unpaired) electrons. The second-order valence-corrected chi connectivity index (χ2v) is 4.15. The van der Waals surface area contributed by atoms with Gasteiger partial charge in [0.15, 0.2) is 0 Å². The summed E-state index contributed by atoms with van der Waals surface area (Å²) in [5.74, 6) is 0.199. The molecule has 1 rings (SSSR count). The minimum atomic E-state index is -0.821. The zero-order chi connectivity index (χ0) is 12.9. The maximum Gasteiger partial charge on any atom is 0.241 e. The summed E-state index contributed by atoms with van der Waals surface area (Å²) in [6.07, 6.45) is 2.86. The molecule has 0 bridgehead atoms. The third-order valence-corrected chi connectivity index (χ3v) is 2.90. The van der Waals surface area contributed by atoms with E-state index in [-0.39, 0.29) is 19.0 Å². The lowest BCUT2D eigenvalue weighted by molar-refractivity contribution is -0.123. The Morgan fingerprint density at radius 3 is 2.71 bits per heavy atom. The van der Waals surface area contributed by atoms with Crippen LogP contribution >= 0.6 is 0 Å². The van der Waals surface area contributed by atoms with Crippen molar-refractivity contribution in [1.82, 2.24) is 15.1 Å². The average molecular weight is 240 g/mol. The van der Waals surface area contributed by atoms with Crippen molar-refractivity contribution in [2.24, 2.45) is 0 Å². The fourth-order valence-corrected chi connectivity index (χ4v) is 1.43. The van der Waals surface area contributed by atoms with Crippen molar-refractivity contribution in [1.29, 1.82) is 0 Å². The molecule has 6 heteroatoms. The quantitative estimate of drug-likeness (QED) is 0.659. The standard InChI is InChI=1S/C11H20N4O2/c1-3-11(17,4-2)8-13-10(16)7-15-6-5-9(12)14-15/h5-6,17H,3-4,7-8H2,1-2H3,(H2,12,14)(H,13,16). The summed E-state index contributed by atoms with van der Waals surface area (Å²) in [5, 5.41) is 16.6. The molecule has 0 saturated carbocycles. The van der Waals surface area contributed by atoms with E-state index in [1.165, 1.54) is 4.68 Å². The average Bonchev–Trinajstić information content (AvgIpc) is 2.72. The molecule has 1 aromatic rings. The Morgan fingerprint density at radius 2 is 2.24 bits per heavy atom. The van der Waals surface area contributed by atoms with Crippen LogP contribution in [0.1, 0.15) is 26.7 Å². The Morgan fingerprint density at radius 1 is 1.59 bits per heavy atom. The number of hydrogen-bond donors (Lipinski definition) is 3. The van der Waals surface area contributed by atoms with E-state index in [0.29, 0.717) is 18.7 Å². The summed E-state index contributed by atoms with van der Waals surface area (Å²) < 4.78 is 1.46. The summed E-state index contributed by atoms with van der Waals surface area (Å²) >= 11 is 0. The summed E-state index contributed by atoms with van der Waals surface area (Å²) in [7, 11) is 0. The van der Waals surface area contributed by atoms with Crippen molar-refractivity contribution >= 4 is 11.7 Å². The van der Waals surface area contributed by atoms with Gasteiger partial charge in [-0.3, -0.25) is 9.48 Å². The molecular formula is C11H20N4O2. The second kappa shape index (κ2) is 5.67. The van der Waals surface area contributed by atoms with Gasteiger partial charge < -0.3 is 16.2 Å². The van der Waals surface area contributed by atoms with E-state index in [9.17, 15) is 9.90 Å². The topological polar surface area (TPSA) is 93.2 Å². The highest BCUT2D eigenvalue weighted by molar-refractivity contribution is 5.75. The van der Waals surface area contributed by atoms with Crippen LogP contribution in [0.2, 0.25) is 0 Å². The number of nitrogens with two attached hydrogens (primary N) is 1. The number of rotatable bonds is 6. The van der Waals surface area contributed by atoms with Crippen molar-refractivity contribution in [3.8, 4) is 0 Å². The number of hydrogen-bond acceptors (Lipinski definition) is 4. The first-order valence-electron chi connectivity index (χ1n) is 5.77. The van der Waals surface area contributed by atoms with Crippen molar-refractivity contribution in [2.45, 2.75) is 38.8 Å². The molecule has 1 amide bonds. The van der Waals surface area contributed by atoms with Crippen LogP contribution in [0.5, 0.6) is 0 Å². The number of anilines is 1. The molecule has 6 nitrogen and oxygen atoms in total. The van der Waals surface area contributed by atoms with Crippen LogP contribution < -0.4 is 11.1 Å². The Bertz CT molecular complexity index is 371. The number of aliphatic hydroxyl groups is 1. The van der Waals surface area contributed by atoms with Crippen LogP contribution in [-0.4, -0.2) is 32.9 Å². The molecule has 0 aliphatic rings. The monoisotopic (exact) mass is 240 g/mol. The van der Waals surface area contributed by atoms with Crippen LogP contribution in [0.4, 0.5) is 5.82 Å². The number of aromatic nitrogens is 2. The van der Waals surface area contributed by atoms with Gasteiger partial charge in [-0.05, 0) is 18.9 Å². The third kappa shape index (κ3) is 4.07. The largest absolute Gasteiger partial charge is 0.388 e. The van der Waals surface area contributed by atoms with Gasteiger partial charge >= 0.3 is 0 Å². The van der Waals surface area contributed by atoms with E-state index in [0.717, 1.165) is 0 Å². The molecule has 0 unspecified atom stereocenters. The van der Waals surface area contributed by atoms with E-state index >= 15 is 0 Å². The van der Waals surface area contributed by atoms with Gasteiger partial charge in [-0.25, -0.2) is 0 Å². The first kappa shape index (κ1) is 13.5. The van der Waals surface area contributed by atoms with Gasteiger partial charge in [0, 0.05) is 12.7 Å². The summed E-state index contributed by atoms with van der Waals surface area (Å²) in [6, 6.07) is 1.63. The van der Waals surface area contributed by atoms with Crippen molar-refractivity contribution in [3.63, 3.8) is 0 Å². The van der Waals surface area contributed by atoms with Gasteiger partial charge in [0.25, 0.3) is 0 Å². The number of nitrogens with zero attached hydrogens (tertiary/aromatic N) is 2. The van der Waals surface area contributed by atoms with Gasteiger partial charge in [-0.15, -0.1) is 0 Å². The maximum absolute atomic E-state index is 11.6. The molecule has 0 saturated heterocycles. The van der Waals surface area contributed by atoms with Crippen LogP contribution in [0.3, 0.4) is 0 Å². The smallest absolute Gasteiger partial charge is 0.241 e. The van der Waals surface area contributed by atoms with Gasteiger partial charge in [0.05, 0.1) is 5.60 Å². The van der Waals surface area contributed by atoms with Crippen LogP contribution in [0.15, 0.2) is 12.3 Å².